The Morgan fingerprint density at radius 1 is 1.29 bits per heavy atom. The standard InChI is InChI=1S/C13H22O/c1-4-7-9-11-13(10-6-3)14-12-8-5-2/h6,9-11H,3-5,7-8,12H2,1-2H3/b11-9-,13-10+. The van der Waals surface area contributed by atoms with E-state index in [4.69, 9.17) is 4.74 Å². The molecule has 0 bridgehead atoms. The van der Waals surface area contributed by atoms with Gasteiger partial charge in [0, 0.05) is 0 Å². The van der Waals surface area contributed by atoms with E-state index >= 15 is 0 Å². The second-order valence-corrected chi connectivity index (χ2v) is 3.20. The maximum atomic E-state index is 5.57. The molecule has 80 valence electrons. The highest BCUT2D eigenvalue weighted by atomic mass is 16.5. The first-order chi connectivity index (χ1) is 6.85. The van der Waals surface area contributed by atoms with Crippen molar-refractivity contribution in [1.29, 1.82) is 0 Å². The van der Waals surface area contributed by atoms with Crippen LogP contribution in [0.4, 0.5) is 0 Å². The van der Waals surface area contributed by atoms with E-state index in [2.05, 4.69) is 26.5 Å². The van der Waals surface area contributed by atoms with E-state index in [-0.39, 0.29) is 0 Å². The number of rotatable bonds is 8. The van der Waals surface area contributed by atoms with E-state index in [1.807, 2.05) is 12.2 Å². The van der Waals surface area contributed by atoms with Gasteiger partial charge in [-0.3, -0.25) is 0 Å². The summed E-state index contributed by atoms with van der Waals surface area (Å²) >= 11 is 0. The average Bonchev–Trinajstić information content (AvgIpc) is 2.18. The van der Waals surface area contributed by atoms with Crippen LogP contribution in [0.1, 0.15) is 39.5 Å². The SMILES string of the molecule is C=C/C=C(\C=C/CCC)OCCCC. The van der Waals surface area contributed by atoms with Crippen LogP contribution < -0.4 is 0 Å². The van der Waals surface area contributed by atoms with Gasteiger partial charge in [-0.1, -0.05) is 45.4 Å². The van der Waals surface area contributed by atoms with Crippen molar-refractivity contribution in [2.24, 2.45) is 0 Å². The van der Waals surface area contributed by atoms with Crippen LogP contribution in [-0.4, -0.2) is 6.61 Å². The predicted octanol–water partition coefficient (Wildman–Crippen LogP) is 4.23. The van der Waals surface area contributed by atoms with Crippen molar-refractivity contribution in [2.75, 3.05) is 6.61 Å². The van der Waals surface area contributed by atoms with Gasteiger partial charge in [0.2, 0.25) is 0 Å². The molecule has 0 aliphatic heterocycles. The molecule has 0 aliphatic rings. The van der Waals surface area contributed by atoms with Crippen molar-refractivity contribution >= 4 is 0 Å². The minimum absolute atomic E-state index is 0.798. The molecule has 14 heavy (non-hydrogen) atoms. The lowest BCUT2D eigenvalue weighted by atomic mass is 10.3. The fourth-order valence-corrected chi connectivity index (χ4v) is 0.968. The first kappa shape index (κ1) is 13.0. The Bertz CT molecular complexity index is 189. The molecule has 0 saturated heterocycles. The quantitative estimate of drug-likeness (QED) is 0.319. The van der Waals surface area contributed by atoms with Crippen molar-refractivity contribution in [3.63, 3.8) is 0 Å². The zero-order valence-corrected chi connectivity index (χ0v) is 9.46. The van der Waals surface area contributed by atoms with E-state index in [1.165, 1.54) is 12.8 Å². The molecule has 1 nitrogen and oxygen atoms in total. The molecule has 0 amide bonds. The van der Waals surface area contributed by atoms with Crippen LogP contribution >= 0.6 is 0 Å². The molecule has 0 radical (unpaired) electrons. The molecule has 0 aliphatic carbocycles. The molecule has 0 atom stereocenters. The fraction of sp³-hybridized carbons (Fsp3) is 0.538. The highest BCUT2D eigenvalue weighted by Gasteiger charge is 1.90. The third-order valence-electron chi connectivity index (χ3n) is 1.79. The van der Waals surface area contributed by atoms with Crippen molar-refractivity contribution in [1.82, 2.24) is 0 Å². The zero-order valence-electron chi connectivity index (χ0n) is 9.46. The number of unbranched alkanes of at least 4 members (excludes halogenated alkanes) is 2. The van der Waals surface area contributed by atoms with Crippen molar-refractivity contribution < 1.29 is 4.74 Å². The lowest BCUT2D eigenvalue weighted by Crippen LogP contribution is -1.92. The molecule has 0 unspecified atom stereocenters. The summed E-state index contributed by atoms with van der Waals surface area (Å²) in [5, 5.41) is 0. The fourth-order valence-electron chi connectivity index (χ4n) is 0.968. The topological polar surface area (TPSA) is 9.23 Å². The first-order valence-electron chi connectivity index (χ1n) is 5.47. The maximum absolute atomic E-state index is 5.57. The van der Waals surface area contributed by atoms with E-state index in [0.29, 0.717) is 0 Å². The van der Waals surface area contributed by atoms with Gasteiger partial charge in [0.05, 0.1) is 6.61 Å². The van der Waals surface area contributed by atoms with Gasteiger partial charge in [-0.15, -0.1) is 0 Å². The normalized spacial score (nSPS) is 12.0. The number of ether oxygens (including phenoxy) is 1. The van der Waals surface area contributed by atoms with E-state index < -0.39 is 0 Å². The van der Waals surface area contributed by atoms with Crippen LogP contribution in [0.5, 0.6) is 0 Å². The van der Waals surface area contributed by atoms with Gasteiger partial charge in [0.15, 0.2) is 0 Å². The summed E-state index contributed by atoms with van der Waals surface area (Å²) in [6.07, 6.45) is 12.4. The summed E-state index contributed by atoms with van der Waals surface area (Å²) in [6.45, 7) is 8.79. The lowest BCUT2D eigenvalue weighted by molar-refractivity contribution is 0.219. The Hall–Kier alpha value is -0.980. The highest BCUT2D eigenvalue weighted by Crippen LogP contribution is 2.03. The van der Waals surface area contributed by atoms with E-state index in [0.717, 1.165) is 25.2 Å². The van der Waals surface area contributed by atoms with E-state index in [1.54, 1.807) is 6.08 Å². The molecule has 0 N–H and O–H groups in total. The third kappa shape index (κ3) is 7.66. The Labute approximate surface area is 88.2 Å². The maximum Gasteiger partial charge on any atom is 0.118 e. The molecule has 0 heterocycles. The predicted molar refractivity (Wildman–Crippen MR) is 63.2 cm³/mol. The summed E-state index contributed by atoms with van der Waals surface area (Å²) in [7, 11) is 0. The van der Waals surface area contributed by atoms with Crippen LogP contribution in [0, 0.1) is 0 Å². The van der Waals surface area contributed by atoms with Gasteiger partial charge in [0.25, 0.3) is 0 Å². The Balaban J connectivity index is 3.90. The summed E-state index contributed by atoms with van der Waals surface area (Å²) < 4.78 is 5.57. The molecular weight excluding hydrogens is 172 g/mol. The van der Waals surface area contributed by atoms with Crippen LogP contribution in [0.15, 0.2) is 36.6 Å². The molecule has 0 spiro atoms. The monoisotopic (exact) mass is 194 g/mol. The van der Waals surface area contributed by atoms with Gasteiger partial charge < -0.3 is 4.74 Å². The molecule has 0 aromatic rings. The number of hydrogen-bond donors (Lipinski definition) is 0. The minimum atomic E-state index is 0.798. The van der Waals surface area contributed by atoms with E-state index in [9.17, 15) is 0 Å². The molecule has 0 saturated carbocycles. The molecule has 0 aromatic heterocycles. The summed E-state index contributed by atoms with van der Waals surface area (Å²) in [4.78, 5) is 0. The molecule has 0 rings (SSSR count). The minimum Gasteiger partial charge on any atom is -0.494 e. The molecular formula is C13H22O. The van der Waals surface area contributed by atoms with Gasteiger partial charge in [-0.2, -0.15) is 0 Å². The van der Waals surface area contributed by atoms with Gasteiger partial charge in [-0.25, -0.2) is 0 Å². The largest absolute Gasteiger partial charge is 0.494 e. The summed E-state index contributed by atoms with van der Waals surface area (Å²) in [6, 6.07) is 0. The first-order valence-corrected chi connectivity index (χ1v) is 5.47. The molecule has 1 heteroatoms. The van der Waals surface area contributed by atoms with Gasteiger partial charge >= 0.3 is 0 Å². The van der Waals surface area contributed by atoms with Crippen molar-refractivity contribution in [2.45, 2.75) is 39.5 Å². The second-order valence-electron chi connectivity index (χ2n) is 3.20. The summed E-state index contributed by atoms with van der Waals surface area (Å²) in [5.74, 6) is 0.918. The third-order valence-corrected chi connectivity index (χ3v) is 1.79. The molecule has 0 aromatic carbocycles. The second kappa shape index (κ2) is 10.1. The molecule has 0 fully saturated rings. The Morgan fingerprint density at radius 3 is 2.64 bits per heavy atom. The zero-order chi connectivity index (χ0) is 10.6. The smallest absolute Gasteiger partial charge is 0.118 e. The average molecular weight is 194 g/mol. The van der Waals surface area contributed by atoms with Crippen LogP contribution in [-0.2, 0) is 4.74 Å². The highest BCUT2D eigenvalue weighted by molar-refractivity contribution is 5.16. The van der Waals surface area contributed by atoms with Crippen LogP contribution in [0.2, 0.25) is 0 Å². The van der Waals surface area contributed by atoms with Crippen molar-refractivity contribution in [3.8, 4) is 0 Å². The van der Waals surface area contributed by atoms with Crippen LogP contribution in [0.25, 0.3) is 0 Å². The number of hydrogen-bond acceptors (Lipinski definition) is 1. The lowest BCUT2D eigenvalue weighted by Gasteiger charge is -2.04. The van der Waals surface area contributed by atoms with Gasteiger partial charge in [-0.05, 0) is 25.0 Å². The van der Waals surface area contributed by atoms with Crippen LogP contribution in [0.3, 0.4) is 0 Å². The van der Waals surface area contributed by atoms with Crippen molar-refractivity contribution in [3.05, 3.63) is 36.6 Å². The number of allylic oxidation sites excluding steroid dienone is 4. The van der Waals surface area contributed by atoms with Gasteiger partial charge in [0.1, 0.15) is 5.76 Å². The Morgan fingerprint density at radius 2 is 2.07 bits per heavy atom. The Kier molecular flexibility index (Phi) is 9.40. The summed E-state index contributed by atoms with van der Waals surface area (Å²) in [5.41, 5.74) is 0.